The minimum Gasteiger partial charge on any atom is -0.493 e. The quantitative estimate of drug-likeness (QED) is 0.632. The second-order valence-corrected chi connectivity index (χ2v) is 7.37. The number of carbonyl (C=O) groups is 1. The van der Waals surface area contributed by atoms with E-state index in [0.29, 0.717) is 23.0 Å². The van der Waals surface area contributed by atoms with Crippen molar-refractivity contribution < 1.29 is 14.3 Å². The van der Waals surface area contributed by atoms with E-state index >= 15 is 0 Å². The van der Waals surface area contributed by atoms with E-state index in [-0.39, 0.29) is 11.9 Å². The molecule has 4 nitrogen and oxygen atoms in total. The summed E-state index contributed by atoms with van der Waals surface area (Å²) in [6.45, 7) is 6.31. The molecule has 0 aliphatic rings. The monoisotopic (exact) mass is 453 g/mol. The Labute approximate surface area is 163 Å². The van der Waals surface area contributed by atoms with Crippen LogP contribution in [0.25, 0.3) is 0 Å². The first kappa shape index (κ1) is 19.6. The van der Waals surface area contributed by atoms with Crippen LogP contribution in [0.3, 0.4) is 0 Å². The molecule has 0 aromatic heterocycles. The second kappa shape index (κ2) is 8.56. The molecule has 0 saturated heterocycles. The Morgan fingerprint density at radius 1 is 0.960 bits per heavy atom. The van der Waals surface area contributed by atoms with E-state index in [1.807, 2.05) is 6.92 Å². The molecular weight excluding hydrogens is 429 g/mol. The van der Waals surface area contributed by atoms with Crippen LogP contribution in [0, 0.1) is 3.57 Å². The van der Waals surface area contributed by atoms with Crippen LogP contribution in [-0.4, -0.2) is 20.1 Å². The lowest BCUT2D eigenvalue weighted by molar-refractivity contribution is 0.0938. The van der Waals surface area contributed by atoms with Crippen molar-refractivity contribution in [2.24, 2.45) is 0 Å². The van der Waals surface area contributed by atoms with E-state index in [9.17, 15) is 4.79 Å². The van der Waals surface area contributed by atoms with Crippen molar-refractivity contribution in [3.8, 4) is 11.5 Å². The van der Waals surface area contributed by atoms with Gasteiger partial charge in [-0.2, -0.15) is 0 Å². The fraction of sp³-hybridized carbons (Fsp3) is 0.350. The average molecular weight is 453 g/mol. The Morgan fingerprint density at radius 3 is 2.00 bits per heavy atom. The van der Waals surface area contributed by atoms with Gasteiger partial charge in [0.05, 0.1) is 25.8 Å². The highest BCUT2D eigenvalue weighted by atomic mass is 127. The lowest BCUT2D eigenvalue weighted by Crippen LogP contribution is -2.27. The van der Waals surface area contributed by atoms with Crippen LogP contribution in [0.15, 0.2) is 36.4 Å². The number of hydrogen-bond donors (Lipinski definition) is 1. The minimum absolute atomic E-state index is 0.0855. The Bertz CT molecular complexity index is 741. The Hall–Kier alpha value is -1.76. The first-order valence-electron chi connectivity index (χ1n) is 8.19. The maximum absolute atomic E-state index is 12.7. The fourth-order valence-electron chi connectivity index (χ4n) is 2.56. The molecule has 2 aromatic carbocycles. The standard InChI is InChI=1S/C20H24INO3/c1-12(2)14-6-8-15(9-7-14)13(3)22-20(23)16-10-18(24-4)19(25-5)11-17(16)21/h6-13H,1-5H3,(H,22,23). The van der Waals surface area contributed by atoms with Gasteiger partial charge in [0.25, 0.3) is 5.91 Å². The van der Waals surface area contributed by atoms with Crippen molar-refractivity contribution in [2.75, 3.05) is 14.2 Å². The van der Waals surface area contributed by atoms with Gasteiger partial charge in [-0.15, -0.1) is 0 Å². The molecule has 5 heteroatoms. The van der Waals surface area contributed by atoms with Crippen LogP contribution in [0.4, 0.5) is 0 Å². The predicted octanol–water partition coefficient (Wildman–Crippen LogP) is 4.92. The van der Waals surface area contributed by atoms with Crippen molar-refractivity contribution >= 4 is 28.5 Å². The third-order valence-electron chi connectivity index (χ3n) is 4.17. The molecule has 1 atom stereocenters. The molecule has 0 bridgehead atoms. The van der Waals surface area contributed by atoms with Crippen LogP contribution in [-0.2, 0) is 0 Å². The number of hydrogen-bond acceptors (Lipinski definition) is 3. The predicted molar refractivity (Wildman–Crippen MR) is 109 cm³/mol. The zero-order valence-electron chi connectivity index (χ0n) is 15.2. The minimum atomic E-state index is -0.134. The molecule has 0 fully saturated rings. The summed E-state index contributed by atoms with van der Waals surface area (Å²) < 4.78 is 11.4. The maximum atomic E-state index is 12.7. The molecule has 2 rings (SSSR count). The fourth-order valence-corrected chi connectivity index (χ4v) is 3.24. The first-order chi connectivity index (χ1) is 11.9. The zero-order valence-corrected chi connectivity index (χ0v) is 17.4. The summed E-state index contributed by atoms with van der Waals surface area (Å²) in [6, 6.07) is 11.8. The van der Waals surface area contributed by atoms with Crippen LogP contribution >= 0.6 is 22.6 Å². The van der Waals surface area contributed by atoms with E-state index in [0.717, 1.165) is 9.13 Å². The summed E-state index contributed by atoms with van der Waals surface area (Å²) in [5.41, 5.74) is 2.94. The molecule has 0 saturated carbocycles. The number of rotatable bonds is 6. The third kappa shape index (κ3) is 4.66. The number of nitrogens with one attached hydrogen (secondary N) is 1. The summed E-state index contributed by atoms with van der Waals surface area (Å²) in [6.07, 6.45) is 0. The van der Waals surface area contributed by atoms with Crippen LogP contribution < -0.4 is 14.8 Å². The summed E-state index contributed by atoms with van der Waals surface area (Å²) >= 11 is 2.13. The molecule has 1 unspecified atom stereocenters. The molecule has 0 aliphatic heterocycles. The van der Waals surface area contributed by atoms with Crippen molar-refractivity contribution in [2.45, 2.75) is 32.7 Å². The van der Waals surface area contributed by atoms with E-state index < -0.39 is 0 Å². The van der Waals surface area contributed by atoms with Gasteiger partial charge in [0.2, 0.25) is 0 Å². The summed E-state index contributed by atoms with van der Waals surface area (Å²) in [5, 5.41) is 3.05. The van der Waals surface area contributed by atoms with Gasteiger partial charge in [-0.05, 0) is 58.7 Å². The van der Waals surface area contributed by atoms with Crippen molar-refractivity contribution in [1.29, 1.82) is 0 Å². The molecule has 1 N–H and O–H groups in total. The number of carbonyl (C=O) groups excluding carboxylic acids is 1. The highest BCUT2D eigenvalue weighted by Crippen LogP contribution is 2.31. The van der Waals surface area contributed by atoms with E-state index in [1.165, 1.54) is 5.56 Å². The summed E-state index contributed by atoms with van der Waals surface area (Å²) in [5.74, 6) is 1.51. The highest BCUT2D eigenvalue weighted by molar-refractivity contribution is 14.1. The van der Waals surface area contributed by atoms with Gasteiger partial charge in [-0.1, -0.05) is 38.1 Å². The Morgan fingerprint density at radius 2 is 1.48 bits per heavy atom. The average Bonchev–Trinajstić information content (AvgIpc) is 2.61. The normalized spacial score (nSPS) is 12.0. The third-order valence-corrected chi connectivity index (χ3v) is 5.06. The van der Waals surface area contributed by atoms with Gasteiger partial charge in [-0.25, -0.2) is 0 Å². The SMILES string of the molecule is COc1cc(I)c(C(=O)NC(C)c2ccc(C(C)C)cc2)cc1OC. The van der Waals surface area contributed by atoms with Crippen LogP contribution in [0.2, 0.25) is 0 Å². The highest BCUT2D eigenvalue weighted by Gasteiger charge is 2.18. The van der Waals surface area contributed by atoms with Gasteiger partial charge in [0, 0.05) is 3.57 Å². The Balaban J connectivity index is 2.18. The van der Waals surface area contributed by atoms with Gasteiger partial charge < -0.3 is 14.8 Å². The molecule has 134 valence electrons. The molecule has 25 heavy (non-hydrogen) atoms. The van der Waals surface area contributed by atoms with Gasteiger partial charge in [0.15, 0.2) is 11.5 Å². The number of methoxy groups -OCH3 is 2. The maximum Gasteiger partial charge on any atom is 0.252 e. The second-order valence-electron chi connectivity index (χ2n) is 6.20. The first-order valence-corrected chi connectivity index (χ1v) is 9.27. The number of halogens is 1. The molecule has 0 radical (unpaired) electrons. The van der Waals surface area contributed by atoms with Gasteiger partial charge >= 0.3 is 0 Å². The van der Waals surface area contributed by atoms with E-state index in [1.54, 1.807) is 26.4 Å². The van der Waals surface area contributed by atoms with Crippen LogP contribution in [0.5, 0.6) is 11.5 Å². The Kier molecular flexibility index (Phi) is 6.70. The zero-order chi connectivity index (χ0) is 18.6. The summed E-state index contributed by atoms with van der Waals surface area (Å²) in [4.78, 5) is 12.7. The van der Waals surface area contributed by atoms with Gasteiger partial charge in [0.1, 0.15) is 0 Å². The van der Waals surface area contributed by atoms with Crippen molar-refractivity contribution in [3.05, 3.63) is 56.7 Å². The topological polar surface area (TPSA) is 47.6 Å². The van der Waals surface area contributed by atoms with Crippen molar-refractivity contribution in [1.82, 2.24) is 5.32 Å². The lowest BCUT2D eigenvalue weighted by atomic mass is 9.99. The van der Waals surface area contributed by atoms with E-state index in [2.05, 4.69) is 66.0 Å². The number of ether oxygens (including phenoxy) is 2. The number of benzene rings is 2. The largest absolute Gasteiger partial charge is 0.493 e. The lowest BCUT2D eigenvalue weighted by Gasteiger charge is -2.17. The molecule has 0 spiro atoms. The molecule has 2 aromatic rings. The molecule has 1 amide bonds. The molecular formula is C20H24INO3. The van der Waals surface area contributed by atoms with Gasteiger partial charge in [-0.3, -0.25) is 4.79 Å². The van der Waals surface area contributed by atoms with E-state index in [4.69, 9.17) is 9.47 Å². The molecule has 0 heterocycles. The number of amides is 1. The smallest absolute Gasteiger partial charge is 0.252 e. The molecule has 0 aliphatic carbocycles. The van der Waals surface area contributed by atoms with Crippen molar-refractivity contribution in [3.63, 3.8) is 0 Å². The summed E-state index contributed by atoms with van der Waals surface area (Å²) in [7, 11) is 3.14. The van der Waals surface area contributed by atoms with Crippen LogP contribution in [0.1, 0.15) is 54.2 Å².